The SMILES string of the molecule is CCOc1ccc(OCC)c(NC(N)=NCCc2ccc(Cl)nc2)c1. The molecule has 0 unspecified atom stereocenters. The van der Waals surface area contributed by atoms with Crippen molar-refractivity contribution in [2.24, 2.45) is 10.7 Å². The summed E-state index contributed by atoms with van der Waals surface area (Å²) < 4.78 is 11.1. The van der Waals surface area contributed by atoms with Crippen molar-refractivity contribution in [3.05, 3.63) is 47.2 Å². The Morgan fingerprint density at radius 1 is 1.20 bits per heavy atom. The molecular weight excluding hydrogens is 340 g/mol. The van der Waals surface area contributed by atoms with Gasteiger partial charge in [0.1, 0.15) is 16.7 Å². The Morgan fingerprint density at radius 2 is 2.00 bits per heavy atom. The molecule has 0 aliphatic carbocycles. The number of hydrogen-bond donors (Lipinski definition) is 2. The fourth-order valence-corrected chi connectivity index (χ4v) is 2.29. The van der Waals surface area contributed by atoms with Crippen LogP contribution in [0.4, 0.5) is 5.69 Å². The summed E-state index contributed by atoms with van der Waals surface area (Å²) in [4.78, 5) is 8.38. The van der Waals surface area contributed by atoms with Crippen LogP contribution >= 0.6 is 11.6 Å². The largest absolute Gasteiger partial charge is 0.494 e. The van der Waals surface area contributed by atoms with Gasteiger partial charge in [0.15, 0.2) is 5.96 Å². The number of halogens is 1. The highest BCUT2D eigenvalue weighted by Gasteiger charge is 2.07. The zero-order chi connectivity index (χ0) is 18.1. The molecule has 6 nitrogen and oxygen atoms in total. The van der Waals surface area contributed by atoms with Crippen molar-refractivity contribution in [3.8, 4) is 11.5 Å². The highest BCUT2D eigenvalue weighted by molar-refractivity contribution is 6.29. The summed E-state index contributed by atoms with van der Waals surface area (Å²) in [5.74, 6) is 1.76. The first-order valence-electron chi connectivity index (χ1n) is 8.19. The molecule has 0 saturated heterocycles. The second-order valence-electron chi connectivity index (χ2n) is 5.16. The number of pyridine rings is 1. The number of nitrogens with zero attached hydrogens (tertiary/aromatic N) is 2. The van der Waals surface area contributed by atoms with Gasteiger partial charge in [-0.05, 0) is 44.0 Å². The van der Waals surface area contributed by atoms with E-state index in [1.54, 1.807) is 12.3 Å². The third-order valence-corrected chi connectivity index (χ3v) is 3.52. The average Bonchev–Trinajstić information content (AvgIpc) is 2.59. The Labute approximate surface area is 153 Å². The first kappa shape index (κ1) is 18.9. The van der Waals surface area contributed by atoms with Crippen LogP contribution in [-0.2, 0) is 6.42 Å². The van der Waals surface area contributed by atoms with Gasteiger partial charge in [-0.2, -0.15) is 0 Å². The molecular formula is C18H23ClN4O2. The van der Waals surface area contributed by atoms with Crippen LogP contribution in [0, 0.1) is 0 Å². The van der Waals surface area contributed by atoms with E-state index < -0.39 is 0 Å². The normalized spacial score (nSPS) is 11.2. The number of aliphatic imine (C=N–C) groups is 1. The summed E-state index contributed by atoms with van der Waals surface area (Å²) in [6.45, 7) is 5.55. The molecule has 0 atom stereocenters. The first-order chi connectivity index (χ1) is 12.1. The van der Waals surface area contributed by atoms with E-state index in [0.29, 0.717) is 36.6 Å². The molecule has 0 spiro atoms. The van der Waals surface area contributed by atoms with Crippen molar-refractivity contribution in [1.82, 2.24) is 4.98 Å². The van der Waals surface area contributed by atoms with Gasteiger partial charge in [0, 0.05) is 18.8 Å². The number of anilines is 1. The fourth-order valence-electron chi connectivity index (χ4n) is 2.18. The molecule has 0 aliphatic rings. The third-order valence-electron chi connectivity index (χ3n) is 3.30. The van der Waals surface area contributed by atoms with Gasteiger partial charge in [-0.1, -0.05) is 17.7 Å². The first-order valence-corrected chi connectivity index (χ1v) is 8.57. The van der Waals surface area contributed by atoms with Crippen molar-refractivity contribution < 1.29 is 9.47 Å². The number of nitrogens with one attached hydrogen (secondary N) is 1. The van der Waals surface area contributed by atoms with E-state index in [2.05, 4.69) is 15.3 Å². The molecule has 1 aromatic heterocycles. The Bertz CT molecular complexity index is 705. The summed E-state index contributed by atoms with van der Waals surface area (Å²) in [6.07, 6.45) is 2.46. The quantitative estimate of drug-likeness (QED) is 0.426. The molecule has 1 aromatic carbocycles. The van der Waals surface area contributed by atoms with Crippen molar-refractivity contribution in [1.29, 1.82) is 0 Å². The maximum Gasteiger partial charge on any atom is 0.193 e. The lowest BCUT2D eigenvalue weighted by Crippen LogP contribution is -2.23. The molecule has 0 saturated carbocycles. The lowest BCUT2D eigenvalue weighted by molar-refractivity contribution is 0.332. The van der Waals surface area contributed by atoms with E-state index >= 15 is 0 Å². The summed E-state index contributed by atoms with van der Waals surface area (Å²) >= 11 is 5.77. The molecule has 1 heterocycles. The number of nitrogens with two attached hydrogens (primary N) is 1. The summed E-state index contributed by atoms with van der Waals surface area (Å²) in [5.41, 5.74) is 7.76. The summed E-state index contributed by atoms with van der Waals surface area (Å²) in [6, 6.07) is 9.24. The maximum atomic E-state index is 5.99. The average molecular weight is 363 g/mol. The zero-order valence-electron chi connectivity index (χ0n) is 14.5. The number of ether oxygens (including phenoxy) is 2. The van der Waals surface area contributed by atoms with Crippen LogP contribution in [0.25, 0.3) is 0 Å². The van der Waals surface area contributed by atoms with E-state index in [-0.39, 0.29) is 0 Å². The smallest absolute Gasteiger partial charge is 0.193 e. The second kappa shape index (κ2) is 9.74. The number of rotatable bonds is 8. The molecule has 0 bridgehead atoms. The molecule has 0 aliphatic heterocycles. The van der Waals surface area contributed by atoms with Gasteiger partial charge < -0.3 is 20.5 Å². The number of guanidine groups is 1. The molecule has 7 heteroatoms. The van der Waals surface area contributed by atoms with Crippen LogP contribution in [0.3, 0.4) is 0 Å². The lowest BCUT2D eigenvalue weighted by atomic mass is 10.2. The van der Waals surface area contributed by atoms with Gasteiger partial charge in [0.25, 0.3) is 0 Å². The Morgan fingerprint density at radius 3 is 2.68 bits per heavy atom. The minimum atomic E-state index is 0.316. The molecule has 3 N–H and O–H groups in total. The van der Waals surface area contributed by atoms with Crippen LogP contribution in [-0.4, -0.2) is 30.7 Å². The Hall–Kier alpha value is -2.47. The predicted molar refractivity (Wildman–Crippen MR) is 102 cm³/mol. The van der Waals surface area contributed by atoms with Gasteiger partial charge in [-0.15, -0.1) is 0 Å². The van der Waals surface area contributed by atoms with Crippen LogP contribution in [0.15, 0.2) is 41.5 Å². The Balaban J connectivity index is 2.00. The molecule has 0 fully saturated rings. The molecule has 2 aromatic rings. The standard InChI is InChI=1S/C18H23ClN4O2/c1-3-24-14-6-7-16(25-4-2)15(11-14)23-18(20)21-10-9-13-5-8-17(19)22-12-13/h5-8,11-12H,3-4,9-10H2,1-2H3,(H3,20,21,23). The molecule has 25 heavy (non-hydrogen) atoms. The third kappa shape index (κ3) is 6.15. The number of hydrogen-bond acceptors (Lipinski definition) is 4. The van der Waals surface area contributed by atoms with Crippen LogP contribution in [0.2, 0.25) is 5.15 Å². The minimum absolute atomic E-state index is 0.316. The van der Waals surface area contributed by atoms with E-state index in [1.807, 2.05) is 38.1 Å². The van der Waals surface area contributed by atoms with Crippen molar-refractivity contribution in [2.75, 3.05) is 25.1 Å². The van der Waals surface area contributed by atoms with Gasteiger partial charge in [0.05, 0.1) is 18.9 Å². The summed E-state index contributed by atoms with van der Waals surface area (Å²) in [7, 11) is 0. The lowest BCUT2D eigenvalue weighted by Gasteiger charge is -2.14. The van der Waals surface area contributed by atoms with Crippen molar-refractivity contribution in [3.63, 3.8) is 0 Å². The topological polar surface area (TPSA) is 81.8 Å². The number of benzene rings is 1. The zero-order valence-corrected chi connectivity index (χ0v) is 15.2. The van der Waals surface area contributed by atoms with Crippen LogP contribution < -0.4 is 20.5 Å². The number of aromatic nitrogens is 1. The monoisotopic (exact) mass is 362 g/mol. The van der Waals surface area contributed by atoms with Crippen LogP contribution in [0.5, 0.6) is 11.5 Å². The molecule has 2 rings (SSSR count). The highest BCUT2D eigenvalue weighted by atomic mass is 35.5. The Kier molecular flexibility index (Phi) is 7.35. The van der Waals surface area contributed by atoms with Crippen molar-refractivity contribution in [2.45, 2.75) is 20.3 Å². The van der Waals surface area contributed by atoms with Crippen LogP contribution in [0.1, 0.15) is 19.4 Å². The van der Waals surface area contributed by atoms with E-state index in [4.69, 9.17) is 26.8 Å². The molecule has 0 amide bonds. The second-order valence-corrected chi connectivity index (χ2v) is 5.54. The highest BCUT2D eigenvalue weighted by Crippen LogP contribution is 2.29. The van der Waals surface area contributed by atoms with Gasteiger partial charge in [-0.25, -0.2) is 4.98 Å². The van der Waals surface area contributed by atoms with E-state index in [9.17, 15) is 0 Å². The van der Waals surface area contributed by atoms with Gasteiger partial charge in [0.2, 0.25) is 0 Å². The predicted octanol–water partition coefficient (Wildman–Crippen LogP) is 3.50. The van der Waals surface area contributed by atoms with E-state index in [0.717, 1.165) is 23.4 Å². The molecule has 0 radical (unpaired) electrons. The van der Waals surface area contributed by atoms with Gasteiger partial charge >= 0.3 is 0 Å². The summed E-state index contributed by atoms with van der Waals surface area (Å²) in [5, 5.41) is 3.55. The maximum absolute atomic E-state index is 5.99. The van der Waals surface area contributed by atoms with Gasteiger partial charge in [-0.3, -0.25) is 4.99 Å². The van der Waals surface area contributed by atoms with Crippen molar-refractivity contribution >= 4 is 23.2 Å². The minimum Gasteiger partial charge on any atom is -0.494 e. The fraction of sp³-hybridized carbons (Fsp3) is 0.333. The van der Waals surface area contributed by atoms with E-state index in [1.165, 1.54) is 0 Å². The molecule has 134 valence electrons.